The Labute approximate surface area is 163 Å². The Bertz CT molecular complexity index is 1250. The van der Waals surface area contributed by atoms with Gasteiger partial charge in [-0.25, -0.2) is 14.1 Å². The summed E-state index contributed by atoms with van der Waals surface area (Å²) in [5, 5.41) is 3.70. The van der Waals surface area contributed by atoms with E-state index in [2.05, 4.69) is 20.6 Å². The van der Waals surface area contributed by atoms with E-state index in [1.54, 1.807) is 42.5 Å². The molecule has 0 aliphatic heterocycles. The van der Waals surface area contributed by atoms with Gasteiger partial charge in [-0.2, -0.15) is 0 Å². The van der Waals surface area contributed by atoms with Gasteiger partial charge in [-0.3, -0.25) is 20.0 Å². The zero-order valence-corrected chi connectivity index (χ0v) is 14.9. The van der Waals surface area contributed by atoms with Gasteiger partial charge < -0.3 is 4.52 Å². The molecule has 0 atom stereocenters. The molecule has 0 amide bonds. The summed E-state index contributed by atoms with van der Waals surface area (Å²) in [6.07, 6.45) is 2.53. The highest BCUT2D eigenvalue weighted by Crippen LogP contribution is 2.16. The summed E-state index contributed by atoms with van der Waals surface area (Å²) in [4.78, 5) is 33.3. The fourth-order valence-corrected chi connectivity index (χ4v) is 2.63. The Hall–Kier alpha value is -4.14. The SMILES string of the molecule is O=C(c1ccccc1)c1onc2c(=O)n(NC=NCc3ccc(F)cc3)cnc12. The van der Waals surface area contributed by atoms with Gasteiger partial charge in [0.15, 0.2) is 5.52 Å². The summed E-state index contributed by atoms with van der Waals surface area (Å²) < 4.78 is 19.0. The monoisotopic (exact) mass is 391 g/mol. The van der Waals surface area contributed by atoms with Crippen LogP contribution in [0.5, 0.6) is 0 Å². The highest BCUT2D eigenvalue weighted by atomic mass is 19.1. The lowest BCUT2D eigenvalue weighted by molar-refractivity contribution is 0.100. The second-order valence-electron chi connectivity index (χ2n) is 6.05. The minimum absolute atomic E-state index is 0.0776. The van der Waals surface area contributed by atoms with E-state index in [-0.39, 0.29) is 22.6 Å². The number of hydrogen-bond acceptors (Lipinski definition) is 6. The van der Waals surface area contributed by atoms with E-state index in [9.17, 15) is 14.0 Å². The Balaban J connectivity index is 1.52. The summed E-state index contributed by atoms with van der Waals surface area (Å²) in [5.41, 5.74) is 3.35. The van der Waals surface area contributed by atoms with E-state index in [0.29, 0.717) is 12.1 Å². The molecule has 8 nitrogen and oxygen atoms in total. The first-order valence-electron chi connectivity index (χ1n) is 8.59. The molecule has 4 aromatic rings. The number of benzene rings is 2. The first kappa shape index (κ1) is 18.2. The lowest BCUT2D eigenvalue weighted by Gasteiger charge is -2.03. The molecule has 2 aromatic heterocycles. The van der Waals surface area contributed by atoms with Crippen molar-refractivity contribution in [2.45, 2.75) is 6.54 Å². The van der Waals surface area contributed by atoms with Crippen LogP contribution in [0.1, 0.15) is 21.7 Å². The van der Waals surface area contributed by atoms with Crippen molar-refractivity contribution in [1.29, 1.82) is 0 Å². The van der Waals surface area contributed by atoms with Crippen LogP contribution in [0.4, 0.5) is 4.39 Å². The second-order valence-corrected chi connectivity index (χ2v) is 6.05. The molecule has 0 saturated carbocycles. The minimum Gasteiger partial charge on any atom is -0.349 e. The first-order valence-corrected chi connectivity index (χ1v) is 8.59. The van der Waals surface area contributed by atoms with Crippen LogP contribution in [0.2, 0.25) is 0 Å². The number of carbonyl (C=O) groups is 1. The molecule has 0 saturated heterocycles. The van der Waals surface area contributed by atoms with Crippen LogP contribution < -0.4 is 11.0 Å². The smallest absolute Gasteiger partial charge is 0.302 e. The lowest BCUT2D eigenvalue weighted by Crippen LogP contribution is -2.28. The van der Waals surface area contributed by atoms with E-state index in [1.165, 1.54) is 24.8 Å². The number of rotatable bonds is 6. The summed E-state index contributed by atoms with van der Waals surface area (Å²) in [6, 6.07) is 14.4. The van der Waals surface area contributed by atoms with Crippen LogP contribution in [0.25, 0.3) is 11.0 Å². The van der Waals surface area contributed by atoms with Crippen LogP contribution in [0.15, 0.2) is 75.2 Å². The average molecular weight is 391 g/mol. The van der Waals surface area contributed by atoms with Gasteiger partial charge in [0.25, 0.3) is 0 Å². The van der Waals surface area contributed by atoms with E-state index >= 15 is 0 Å². The van der Waals surface area contributed by atoms with Crippen LogP contribution >= 0.6 is 0 Å². The third kappa shape index (κ3) is 3.79. The van der Waals surface area contributed by atoms with Crippen molar-refractivity contribution in [2.75, 3.05) is 5.43 Å². The lowest BCUT2D eigenvalue weighted by atomic mass is 10.1. The summed E-state index contributed by atoms with van der Waals surface area (Å²) >= 11 is 0. The standard InChI is InChI=1S/C20H14FN5O3/c21-15-8-6-13(7-9-15)10-22-11-24-26-12-23-16-17(20(26)28)25-29-19(16)18(27)14-4-2-1-3-5-14/h1-9,11-12H,10H2,(H,22,24). The molecule has 2 heterocycles. The Morgan fingerprint density at radius 2 is 1.90 bits per heavy atom. The van der Waals surface area contributed by atoms with Crippen molar-refractivity contribution in [2.24, 2.45) is 4.99 Å². The molecule has 2 aromatic carbocycles. The van der Waals surface area contributed by atoms with Gasteiger partial charge in [-0.05, 0) is 17.7 Å². The molecule has 0 aliphatic carbocycles. The number of hydrogen-bond donors (Lipinski definition) is 1. The molecule has 0 fully saturated rings. The van der Waals surface area contributed by atoms with E-state index in [0.717, 1.165) is 10.2 Å². The molecule has 0 aliphatic rings. The molecule has 1 N–H and O–H groups in total. The third-order valence-corrected chi connectivity index (χ3v) is 4.11. The molecule has 29 heavy (non-hydrogen) atoms. The number of fused-ring (bicyclic) bond motifs is 1. The van der Waals surface area contributed by atoms with Crippen molar-refractivity contribution in [1.82, 2.24) is 14.8 Å². The van der Waals surface area contributed by atoms with Crippen LogP contribution in [-0.4, -0.2) is 26.9 Å². The highest BCUT2D eigenvalue weighted by Gasteiger charge is 2.21. The summed E-state index contributed by atoms with van der Waals surface area (Å²) in [6.45, 7) is 0.303. The predicted octanol–water partition coefficient (Wildman–Crippen LogP) is 2.53. The molecule has 4 rings (SSSR count). The molecule has 0 spiro atoms. The van der Waals surface area contributed by atoms with Crippen molar-refractivity contribution >= 4 is 23.2 Å². The quantitative estimate of drug-likeness (QED) is 0.308. The molecular formula is C20H14FN5O3. The minimum atomic E-state index is -0.543. The van der Waals surface area contributed by atoms with Crippen LogP contribution in [0.3, 0.4) is 0 Å². The summed E-state index contributed by atoms with van der Waals surface area (Å²) in [5.74, 6) is -0.827. The van der Waals surface area contributed by atoms with E-state index in [4.69, 9.17) is 4.52 Å². The number of nitrogens with zero attached hydrogens (tertiary/aromatic N) is 4. The molecule has 0 unspecified atom stereocenters. The van der Waals surface area contributed by atoms with Crippen molar-refractivity contribution in [3.8, 4) is 0 Å². The van der Waals surface area contributed by atoms with E-state index in [1.807, 2.05) is 0 Å². The number of halogens is 1. The first-order chi connectivity index (χ1) is 14.1. The molecule has 9 heteroatoms. The zero-order chi connectivity index (χ0) is 20.2. The Morgan fingerprint density at radius 3 is 2.66 bits per heavy atom. The Morgan fingerprint density at radius 1 is 1.14 bits per heavy atom. The van der Waals surface area contributed by atoms with Crippen molar-refractivity contribution in [3.63, 3.8) is 0 Å². The predicted molar refractivity (Wildman–Crippen MR) is 104 cm³/mol. The number of nitrogens with one attached hydrogen (secondary N) is 1. The molecule has 0 bridgehead atoms. The van der Waals surface area contributed by atoms with E-state index < -0.39 is 11.3 Å². The zero-order valence-electron chi connectivity index (χ0n) is 14.9. The van der Waals surface area contributed by atoms with Gasteiger partial charge in [0.05, 0.1) is 6.54 Å². The van der Waals surface area contributed by atoms with Gasteiger partial charge in [-0.15, -0.1) is 0 Å². The van der Waals surface area contributed by atoms with Crippen molar-refractivity contribution in [3.05, 3.63) is 94.0 Å². The van der Waals surface area contributed by atoms with Crippen LogP contribution in [0, 0.1) is 5.82 Å². The van der Waals surface area contributed by atoms with Crippen molar-refractivity contribution < 1.29 is 13.7 Å². The maximum Gasteiger partial charge on any atom is 0.302 e. The fourth-order valence-electron chi connectivity index (χ4n) is 2.63. The maximum absolute atomic E-state index is 12.9. The topological polar surface area (TPSA) is 102 Å². The normalized spacial score (nSPS) is 11.2. The number of aliphatic imine (C=N–C) groups is 1. The fraction of sp³-hybridized carbons (Fsp3) is 0.0500. The second kappa shape index (κ2) is 7.85. The van der Waals surface area contributed by atoms with Gasteiger partial charge in [0.1, 0.15) is 24.0 Å². The number of aromatic nitrogens is 3. The summed E-state index contributed by atoms with van der Waals surface area (Å²) in [7, 11) is 0. The van der Waals surface area contributed by atoms with Gasteiger partial charge >= 0.3 is 5.56 Å². The molecular weight excluding hydrogens is 377 g/mol. The van der Waals surface area contributed by atoms with Crippen LogP contribution in [-0.2, 0) is 6.54 Å². The average Bonchev–Trinajstić information content (AvgIpc) is 3.19. The number of ketones is 1. The Kier molecular flexibility index (Phi) is 4.93. The largest absolute Gasteiger partial charge is 0.349 e. The van der Waals surface area contributed by atoms with Gasteiger partial charge in [0, 0.05) is 5.56 Å². The molecule has 0 radical (unpaired) electrons. The number of carbonyl (C=O) groups excluding carboxylic acids is 1. The highest BCUT2D eigenvalue weighted by molar-refractivity contribution is 6.12. The third-order valence-electron chi connectivity index (χ3n) is 4.11. The van der Waals surface area contributed by atoms with Gasteiger partial charge in [0.2, 0.25) is 11.5 Å². The maximum atomic E-state index is 12.9. The van der Waals surface area contributed by atoms with Gasteiger partial charge in [-0.1, -0.05) is 47.6 Å². The molecule has 144 valence electrons.